The van der Waals surface area contributed by atoms with Crippen LogP contribution in [0.15, 0.2) is 35.7 Å². The van der Waals surface area contributed by atoms with Gasteiger partial charge in [-0.2, -0.15) is 0 Å². The number of aromatic amines is 1. The highest BCUT2D eigenvalue weighted by atomic mass is 16.5. The number of pyridine rings is 2. The molecule has 1 saturated heterocycles. The van der Waals surface area contributed by atoms with E-state index in [1.165, 1.54) is 0 Å². The highest BCUT2D eigenvalue weighted by molar-refractivity contribution is 6.12. The Hall–Kier alpha value is -2.77. The number of fused-ring (bicyclic) bond motifs is 1. The van der Waals surface area contributed by atoms with Crippen LogP contribution in [-0.4, -0.2) is 70.1 Å². The lowest BCUT2D eigenvalue weighted by molar-refractivity contribution is 0.0394. The smallest absolute Gasteiger partial charge is 0.198 e. The van der Waals surface area contributed by atoms with Crippen molar-refractivity contribution in [2.75, 3.05) is 39.4 Å². The molecular formula is C21H25N5O2. The van der Waals surface area contributed by atoms with Crippen LogP contribution in [0.1, 0.15) is 18.1 Å². The molecule has 0 amide bonds. The lowest BCUT2D eigenvalue weighted by atomic mass is 10.0. The van der Waals surface area contributed by atoms with Gasteiger partial charge in [0.2, 0.25) is 0 Å². The number of H-pyrrole nitrogens is 1. The first-order chi connectivity index (χ1) is 13.6. The molecule has 3 aromatic heterocycles. The second-order valence-corrected chi connectivity index (χ2v) is 7.08. The molecule has 4 rings (SSSR count). The maximum Gasteiger partial charge on any atom is 0.198 e. The van der Waals surface area contributed by atoms with E-state index in [0.717, 1.165) is 71.8 Å². The van der Waals surface area contributed by atoms with Crippen LogP contribution in [0, 0.1) is 6.92 Å². The third kappa shape index (κ3) is 3.76. The molecular weight excluding hydrogens is 354 g/mol. The first-order valence-electron chi connectivity index (χ1n) is 9.56. The maximum atomic E-state index is 10.5. The molecule has 4 heterocycles. The van der Waals surface area contributed by atoms with Gasteiger partial charge >= 0.3 is 0 Å². The molecule has 3 aromatic rings. The number of ether oxygens (including phenoxy) is 1. The lowest BCUT2D eigenvalue weighted by Crippen LogP contribution is -2.37. The Morgan fingerprint density at radius 1 is 1.32 bits per heavy atom. The number of aromatic nitrogens is 3. The van der Waals surface area contributed by atoms with Crippen molar-refractivity contribution >= 4 is 16.6 Å². The molecule has 0 saturated carbocycles. The number of aliphatic imine (C=N–C) groups is 1. The number of hydrogen-bond donors (Lipinski definition) is 2. The van der Waals surface area contributed by atoms with Crippen LogP contribution in [0.25, 0.3) is 22.2 Å². The number of nitrogens with one attached hydrogen (secondary N) is 1. The first-order valence-corrected chi connectivity index (χ1v) is 9.56. The number of hydrogen-bond acceptors (Lipinski definition) is 6. The fourth-order valence-electron chi connectivity index (χ4n) is 3.59. The zero-order valence-corrected chi connectivity index (χ0v) is 16.3. The first kappa shape index (κ1) is 18.6. The molecule has 1 aliphatic heterocycles. The quantitative estimate of drug-likeness (QED) is 0.666. The van der Waals surface area contributed by atoms with Gasteiger partial charge in [0.15, 0.2) is 5.88 Å². The normalized spacial score (nSPS) is 16.0. The lowest BCUT2D eigenvalue weighted by Gasteiger charge is -2.25. The fourth-order valence-corrected chi connectivity index (χ4v) is 3.59. The summed E-state index contributed by atoms with van der Waals surface area (Å²) in [5, 5.41) is 11.4. The Morgan fingerprint density at radius 3 is 2.93 bits per heavy atom. The van der Waals surface area contributed by atoms with Crippen LogP contribution >= 0.6 is 0 Å². The minimum absolute atomic E-state index is 0.129. The molecule has 0 radical (unpaired) electrons. The van der Waals surface area contributed by atoms with Gasteiger partial charge in [-0.3, -0.25) is 19.9 Å². The SMILES string of the molecule is CC(=NCCN1CCOCC1)c1c(O)[nH]c2cnc(-c3cnccc3C)cc12. The van der Waals surface area contributed by atoms with Gasteiger partial charge in [0.25, 0.3) is 0 Å². The van der Waals surface area contributed by atoms with Crippen LogP contribution in [0.2, 0.25) is 0 Å². The van der Waals surface area contributed by atoms with Gasteiger partial charge in [-0.15, -0.1) is 0 Å². The molecule has 146 valence electrons. The standard InChI is InChI=1S/C21H25N5O2/c1-14-3-4-22-12-17(14)18-11-16-19(13-24-18)25-21(27)20(16)15(2)23-5-6-26-7-9-28-10-8-26/h3-4,11-13,25,27H,5-10H2,1-2H3. The van der Waals surface area contributed by atoms with E-state index in [9.17, 15) is 5.11 Å². The highest BCUT2D eigenvalue weighted by Crippen LogP contribution is 2.31. The molecule has 28 heavy (non-hydrogen) atoms. The summed E-state index contributed by atoms with van der Waals surface area (Å²) in [6.45, 7) is 9.04. The average Bonchev–Trinajstić information content (AvgIpc) is 3.04. The van der Waals surface area contributed by atoms with Crippen LogP contribution in [0.4, 0.5) is 0 Å². The van der Waals surface area contributed by atoms with E-state index in [0.29, 0.717) is 6.54 Å². The van der Waals surface area contributed by atoms with Gasteiger partial charge in [-0.05, 0) is 31.5 Å². The van der Waals surface area contributed by atoms with Crippen molar-refractivity contribution in [1.82, 2.24) is 19.9 Å². The molecule has 0 aromatic carbocycles. The topological polar surface area (TPSA) is 86.6 Å². The van der Waals surface area contributed by atoms with Crippen molar-refractivity contribution in [3.63, 3.8) is 0 Å². The van der Waals surface area contributed by atoms with Crippen LogP contribution in [-0.2, 0) is 4.74 Å². The van der Waals surface area contributed by atoms with Gasteiger partial charge in [0, 0.05) is 48.7 Å². The summed E-state index contributed by atoms with van der Waals surface area (Å²) in [6, 6.07) is 3.96. The Bertz CT molecular complexity index is 1010. The third-order valence-corrected chi connectivity index (χ3v) is 5.21. The Balaban J connectivity index is 1.62. The van der Waals surface area contributed by atoms with Crippen molar-refractivity contribution in [3.05, 3.63) is 41.9 Å². The summed E-state index contributed by atoms with van der Waals surface area (Å²) in [5.41, 5.74) is 5.27. The zero-order valence-electron chi connectivity index (χ0n) is 16.3. The van der Waals surface area contributed by atoms with E-state index < -0.39 is 0 Å². The average molecular weight is 379 g/mol. The van der Waals surface area contributed by atoms with Crippen LogP contribution in [0.3, 0.4) is 0 Å². The van der Waals surface area contributed by atoms with Crippen LogP contribution in [0.5, 0.6) is 5.88 Å². The van der Waals surface area contributed by atoms with Crippen LogP contribution < -0.4 is 0 Å². The summed E-state index contributed by atoms with van der Waals surface area (Å²) >= 11 is 0. The summed E-state index contributed by atoms with van der Waals surface area (Å²) < 4.78 is 5.38. The molecule has 1 aliphatic rings. The summed E-state index contributed by atoms with van der Waals surface area (Å²) in [7, 11) is 0. The van der Waals surface area contributed by atoms with E-state index in [4.69, 9.17) is 9.73 Å². The van der Waals surface area contributed by atoms with E-state index in [1.54, 1.807) is 12.4 Å². The predicted octanol–water partition coefficient (Wildman–Crippen LogP) is 2.78. The highest BCUT2D eigenvalue weighted by Gasteiger charge is 2.16. The molecule has 7 heteroatoms. The van der Waals surface area contributed by atoms with Gasteiger partial charge < -0.3 is 14.8 Å². The third-order valence-electron chi connectivity index (χ3n) is 5.21. The zero-order chi connectivity index (χ0) is 19.5. The summed E-state index contributed by atoms with van der Waals surface area (Å²) in [6.07, 6.45) is 5.34. The number of aromatic hydroxyl groups is 1. The number of morpholine rings is 1. The molecule has 7 nitrogen and oxygen atoms in total. The number of rotatable bonds is 5. The monoisotopic (exact) mass is 379 g/mol. The molecule has 0 aliphatic carbocycles. The maximum absolute atomic E-state index is 10.5. The van der Waals surface area contributed by atoms with Gasteiger partial charge in [0.05, 0.1) is 42.7 Å². The van der Waals surface area contributed by atoms with Gasteiger partial charge in [-0.1, -0.05) is 0 Å². The van der Waals surface area contributed by atoms with Gasteiger partial charge in [-0.25, -0.2) is 0 Å². The van der Waals surface area contributed by atoms with E-state index in [1.807, 2.05) is 32.2 Å². The van der Waals surface area contributed by atoms with Crippen molar-refractivity contribution in [1.29, 1.82) is 0 Å². The van der Waals surface area contributed by atoms with E-state index >= 15 is 0 Å². The predicted molar refractivity (Wildman–Crippen MR) is 110 cm³/mol. The molecule has 0 spiro atoms. The Kier molecular flexibility index (Phi) is 5.36. The van der Waals surface area contributed by atoms with Crippen molar-refractivity contribution < 1.29 is 9.84 Å². The van der Waals surface area contributed by atoms with Crippen molar-refractivity contribution in [3.8, 4) is 17.1 Å². The number of nitrogens with zero attached hydrogens (tertiary/aromatic N) is 4. The fraction of sp³-hybridized carbons (Fsp3) is 0.381. The molecule has 2 N–H and O–H groups in total. The Labute approximate surface area is 164 Å². The summed E-state index contributed by atoms with van der Waals surface area (Å²) in [4.78, 5) is 18.8. The summed E-state index contributed by atoms with van der Waals surface area (Å²) in [5.74, 6) is 0.129. The van der Waals surface area contributed by atoms with E-state index in [2.05, 4.69) is 19.9 Å². The van der Waals surface area contributed by atoms with E-state index in [-0.39, 0.29) is 5.88 Å². The molecule has 0 bridgehead atoms. The largest absolute Gasteiger partial charge is 0.494 e. The molecule has 0 unspecified atom stereocenters. The second-order valence-electron chi connectivity index (χ2n) is 7.08. The van der Waals surface area contributed by atoms with Crippen molar-refractivity contribution in [2.45, 2.75) is 13.8 Å². The van der Waals surface area contributed by atoms with Gasteiger partial charge in [0.1, 0.15) is 0 Å². The molecule has 0 atom stereocenters. The van der Waals surface area contributed by atoms with Crippen molar-refractivity contribution in [2.24, 2.45) is 4.99 Å². The minimum Gasteiger partial charge on any atom is -0.494 e. The minimum atomic E-state index is 0.129. The Morgan fingerprint density at radius 2 is 2.14 bits per heavy atom. The molecule has 1 fully saturated rings. The second kappa shape index (κ2) is 8.08. The number of aryl methyl sites for hydroxylation is 1.